The predicted molar refractivity (Wildman–Crippen MR) is 98.5 cm³/mol. The fourth-order valence-corrected chi connectivity index (χ4v) is 3.22. The van der Waals surface area contributed by atoms with Crippen LogP contribution in [0.2, 0.25) is 0 Å². The Morgan fingerprint density at radius 1 is 1.07 bits per heavy atom. The molecule has 2 rings (SSSR count). The molecule has 9 nitrogen and oxygen atoms in total. The standard InChI is InChI=1S/C17H18N4O5S/c18-16(19)12-2-1-3-14(10-12)27(25,26)20-9-8-15(22)21-13-6-4-11(5-7-13)17(23)24/h1-7,10,20H,8-9H2,(H3,18,19)(H,21,22)(H,23,24)/p+1. The highest BCUT2D eigenvalue weighted by molar-refractivity contribution is 7.89. The van der Waals surface area contributed by atoms with E-state index in [0.29, 0.717) is 11.3 Å². The zero-order valence-electron chi connectivity index (χ0n) is 14.2. The van der Waals surface area contributed by atoms with E-state index in [1.165, 1.54) is 42.5 Å². The van der Waals surface area contributed by atoms with E-state index in [-0.39, 0.29) is 29.3 Å². The summed E-state index contributed by atoms with van der Waals surface area (Å²) in [6.07, 6.45) is -0.106. The van der Waals surface area contributed by atoms with Gasteiger partial charge in [0, 0.05) is 18.7 Å². The van der Waals surface area contributed by atoms with E-state index in [2.05, 4.69) is 10.0 Å². The highest BCUT2D eigenvalue weighted by atomic mass is 32.2. The lowest BCUT2D eigenvalue weighted by Gasteiger charge is -2.08. The molecule has 0 atom stereocenters. The molecule has 0 unspecified atom stereocenters. The van der Waals surface area contributed by atoms with Gasteiger partial charge >= 0.3 is 5.97 Å². The minimum atomic E-state index is -3.82. The Hall–Kier alpha value is -3.24. The van der Waals surface area contributed by atoms with Crippen LogP contribution in [-0.4, -0.2) is 37.8 Å². The van der Waals surface area contributed by atoms with Crippen molar-refractivity contribution < 1.29 is 28.5 Å². The topological polar surface area (TPSA) is 164 Å². The number of hydrogen-bond acceptors (Lipinski definition) is 4. The maximum Gasteiger partial charge on any atom is 0.335 e. The summed E-state index contributed by atoms with van der Waals surface area (Å²) in [5, 5.41) is 16.8. The van der Waals surface area contributed by atoms with Gasteiger partial charge in [0.2, 0.25) is 15.9 Å². The molecule has 0 radical (unpaired) electrons. The van der Waals surface area contributed by atoms with Crippen LogP contribution < -0.4 is 21.2 Å². The molecule has 27 heavy (non-hydrogen) atoms. The summed E-state index contributed by atoms with van der Waals surface area (Å²) in [5.74, 6) is -1.49. The lowest BCUT2D eigenvalue weighted by Crippen LogP contribution is -2.46. The molecule has 0 aliphatic carbocycles. The number of nitrogens with one attached hydrogen (secondary N) is 2. The van der Waals surface area contributed by atoms with Gasteiger partial charge in [-0.05, 0) is 42.5 Å². The van der Waals surface area contributed by atoms with Crippen molar-refractivity contribution in [2.24, 2.45) is 5.73 Å². The van der Waals surface area contributed by atoms with Crippen molar-refractivity contribution >= 4 is 33.4 Å². The third-order valence-corrected chi connectivity index (χ3v) is 5.00. The number of hydrogen-bond donors (Lipinski definition) is 5. The fraction of sp³-hybridized carbons (Fsp3) is 0.118. The molecule has 0 aromatic heterocycles. The van der Waals surface area contributed by atoms with Gasteiger partial charge in [-0.2, -0.15) is 0 Å². The second-order valence-corrected chi connectivity index (χ2v) is 7.33. The van der Waals surface area contributed by atoms with E-state index in [4.69, 9.17) is 16.2 Å². The van der Waals surface area contributed by atoms with Crippen molar-refractivity contribution in [2.45, 2.75) is 11.3 Å². The van der Waals surface area contributed by atoms with E-state index < -0.39 is 21.9 Å². The number of aromatic carboxylic acids is 1. The number of anilines is 1. The number of carboxylic acid groups (broad SMARTS) is 1. The number of carbonyl (C=O) groups is 2. The average Bonchev–Trinajstić information content (AvgIpc) is 2.62. The third-order valence-electron chi connectivity index (χ3n) is 3.54. The normalized spacial score (nSPS) is 11.0. The molecule has 142 valence electrons. The minimum absolute atomic E-state index is 0.000319. The Morgan fingerprint density at radius 2 is 1.74 bits per heavy atom. The number of carboxylic acids is 1. The number of carbonyl (C=O) groups excluding carboxylic acids is 1. The highest BCUT2D eigenvalue weighted by Gasteiger charge is 2.16. The van der Waals surface area contributed by atoms with Gasteiger partial charge in [0.15, 0.2) is 0 Å². The van der Waals surface area contributed by atoms with Gasteiger partial charge in [-0.3, -0.25) is 15.9 Å². The van der Waals surface area contributed by atoms with Crippen molar-refractivity contribution in [3.05, 3.63) is 59.7 Å². The summed E-state index contributed by atoms with van der Waals surface area (Å²) in [4.78, 5) is 22.7. The molecular weight excluding hydrogens is 372 g/mol. The van der Waals surface area contributed by atoms with Gasteiger partial charge in [0.1, 0.15) is 0 Å². The molecule has 0 aliphatic rings. The molecule has 0 saturated carbocycles. The molecule has 2 aromatic carbocycles. The second-order valence-electron chi connectivity index (χ2n) is 5.56. The monoisotopic (exact) mass is 391 g/mol. The number of rotatable bonds is 8. The number of sulfonamides is 1. The summed E-state index contributed by atoms with van der Waals surface area (Å²) < 4.78 is 26.8. The Bertz CT molecular complexity index is 971. The van der Waals surface area contributed by atoms with Crippen molar-refractivity contribution in [2.75, 3.05) is 11.9 Å². The maximum atomic E-state index is 12.3. The smallest absolute Gasteiger partial charge is 0.335 e. The summed E-state index contributed by atoms with van der Waals surface area (Å²) >= 11 is 0. The Kier molecular flexibility index (Phi) is 6.27. The number of amides is 1. The first-order chi connectivity index (χ1) is 12.7. The maximum absolute atomic E-state index is 12.3. The van der Waals surface area contributed by atoms with Crippen molar-refractivity contribution in [1.82, 2.24) is 4.72 Å². The molecule has 0 aliphatic heterocycles. The zero-order valence-corrected chi connectivity index (χ0v) is 15.0. The van der Waals surface area contributed by atoms with Crippen LogP contribution in [0.1, 0.15) is 22.3 Å². The molecule has 10 heteroatoms. The molecule has 2 aromatic rings. The first-order valence-electron chi connectivity index (χ1n) is 7.80. The zero-order chi connectivity index (χ0) is 20.0. The molecule has 1 amide bonds. The van der Waals surface area contributed by atoms with E-state index in [1.807, 2.05) is 0 Å². The highest BCUT2D eigenvalue weighted by Crippen LogP contribution is 2.12. The average molecular weight is 391 g/mol. The second kappa shape index (κ2) is 8.43. The van der Waals surface area contributed by atoms with Gasteiger partial charge in [-0.15, -0.1) is 0 Å². The molecule has 7 N–H and O–H groups in total. The van der Waals surface area contributed by atoms with Crippen LogP contribution in [0.4, 0.5) is 5.69 Å². The Labute approximate surface area is 155 Å². The summed E-state index contributed by atoms with van der Waals surface area (Å²) in [6.45, 7) is -0.118. The van der Waals surface area contributed by atoms with Crippen LogP contribution in [0.25, 0.3) is 0 Å². The molecule has 0 spiro atoms. The van der Waals surface area contributed by atoms with E-state index >= 15 is 0 Å². The van der Waals surface area contributed by atoms with Crippen molar-refractivity contribution in [3.8, 4) is 0 Å². The lowest BCUT2D eigenvalue weighted by atomic mass is 10.2. The van der Waals surface area contributed by atoms with Gasteiger partial charge in [0.25, 0.3) is 5.84 Å². The Morgan fingerprint density at radius 3 is 2.33 bits per heavy atom. The summed E-state index contributed by atoms with van der Waals surface area (Å²) in [5.41, 5.74) is 6.36. The van der Waals surface area contributed by atoms with Gasteiger partial charge in [0.05, 0.1) is 16.0 Å². The molecular formula is C17H19N4O5S+. The van der Waals surface area contributed by atoms with Crippen LogP contribution in [0.15, 0.2) is 53.4 Å². The molecule has 0 heterocycles. The van der Waals surface area contributed by atoms with Crippen LogP contribution >= 0.6 is 0 Å². The summed E-state index contributed by atoms with van der Waals surface area (Å²) in [6, 6.07) is 11.4. The third kappa shape index (κ3) is 5.62. The number of amidine groups is 1. The SMILES string of the molecule is NC(=[NH2+])c1cccc(S(=O)(=O)NCCC(=O)Nc2ccc(C(=O)O)cc2)c1. The molecule has 0 fully saturated rings. The summed E-state index contributed by atoms with van der Waals surface area (Å²) in [7, 11) is -3.82. The quantitative estimate of drug-likeness (QED) is 0.291. The van der Waals surface area contributed by atoms with Crippen LogP contribution in [0, 0.1) is 0 Å². The molecule has 0 saturated heterocycles. The van der Waals surface area contributed by atoms with Crippen LogP contribution in [-0.2, 0) is 14.8 Å². The van der Waals surface area contributed by atoms with Gasteiger partial charge < -0.3 is 10.4 Å². The van der Waals surface area contributed by atoms with Crippen LogP contribution in [0.3, 0.4) is 0 Å². The first-order valence-corrected chi connectivity index (χ1v) is 9.28. The first kappa shape index (κ1) is 20.1. The van der Waals surface area contributed by atoms with Gasteiger partial charge in [-0.25, -0.2) is 17.9 Å². The van der Waals surface area contributed by atoms with Crippen molar-refractivity contribution in [3.63, 3.8) is 0 Å². The van der Waals surface area contributed by atoms with E-state index in [0.717, 1.165) is 0 Å². The van der Waals surface area contributed by atoms with Crippen LogP contribution in [0.5, 0.6) is 0 Å². The largest absolute Gasteiger partial charge is 0.478 e. The lowest BCUT2D eigenvalue weighted by molar-refractivity contribution is -0.116. The predicted octanol–water partition coefficient (Wildman–Crippen LogP) is -0.844. The fourth-order valence-electron chi connectivity index (χ4n) is 2.14. The number of nitrogens with two attached hydrogens (primary N) is 2. The van der Waals surface area contributed by atoms with E-state index in [9.17, 15) is 18.0 Å². The molecule has 0 bridgehead atoms. The van der Waals surface area contributed by atoms with Crippen molar-refractivity contribution in [1.29, 1.82) is 0 Å². The number of benzene rings is 2. The van der Waals surface area contributed by atoms with Gasteiger partial charge in [-0.1, -0.05) is 6.07 Å². The van der Waals surface area contributed by atoms with E-state index in [1.54, 1.807) is 6.07 Å². The minimum Gasteiger partial charge on any atom is -0.478 e. The Balaban J connectivity index is 1.91.